The van der Waals surface area contributed by atoms with Gasteiger partial charge in [0.05, 0.1) is 23.6 Å². The summed E-state index contributed by atoms with van der Waals surface area (Å²) in [6.07, 6.45) is 2.45. The lowest BCUT2D eigenvalue weighted by Crippen LogP contribution is -2.42. The molecule has 1 atom stereocenters. The van der Waals surface area contributed by atoms with Crippen molar-refractivity contribution in [3.8, 4) is 11.5 Å². The summed E-state index contributed by atoms with van der Waals surface area (Å²) < 4.78 is 29.4. The molecule has 7 heteroatoms. The average Bonchev–Trinajstić information content (AvgIpc) is 3.18. The molecule has 0 aliphatic carbocycles. The molecule has 6 nitrogen and oxygen atoms in total. The molecule has 1 amide bonds. The molecule has 2 heterocycles. The Hall–Kier alpha value is -2.15. The zero-order valence-electron chi connectivity index (χ0n) is 15.8. The number of aryl methyl sites for hydroxylation is 1. The van der Waals surface area contributed by atoms with Crippen molar-refractivity contribution in [2.75, 3.05) is 18.1 Å². The fourth-order valence-corrected chi connectivity index (χ4v) is 5.13. The average molecular weight is 391 g/mol. The molecule has 1 aliphatic rings. The highest BCUT2D eigenvalue weighted by Crippen LogP contribution is 2.24. The van der Waals surface area contributed by atoms with E-state index in [1.807, 2.05) is 30.3 Å². The number of rotatable bonds is 7. The monoisotopic (exact) mass is 390 g/mol. The van der Waals surface area contributed by atoms with Gasteiger partial charge in [0.25, 0.3) is 0 Å². The van der Waals surface area contributed by atoms with Crippen molar-refractivity contribution in [2.45, 2.75) is 45.6 Å². The number of nitrogens with zero attached hydrogens (tertiary/aromatic N) is 2. The Balaban J connectivity index is 1.76. The number of aromatic nitrogens is 1. The molecular weight excluding hydrogens is 364 g/mol. The third kappa shape index (κ3) is 4.77. The topological polar surface area (TPSA) is 80.5 Å². The Morgan fingerprint density at radius 3 is 2.67 bits per heavy atom. The number of carbonyl (C=O) groups excluding carboxylic acids is 1. The molecule has 0 saturated carbocycles. The van der Waals surface area contributed by atoms with Crippen molar-refractivity contribution in [1.82, 2.24) is 9.88 Å². The predicted octanol–water partition coefficient (Wildman–Crippen LogP) is 3.01. The highest BCUT2D eigenvalue weighted by atomic mass is 32.2. The van der Waals surface area contributed by atoms with E-state index in [1.165, 1.54) is 0 Å². The lowest BCUT2D eigenvalue weighted by Gasteiger charge is -2.28. The van der Waals surface area contributed by atoms with Crippen LogP contribution >= 0.6 is 0 Å². The van der Waals surface area contributed by atoms with Crippen molar-refractivity contribution in [3.63, 3.8) is 0 Å². The van der Waals surface area contributed by atoms with E-state index in [0.29, 0.717) is 30.3 Å². The lowest BCUT2D eigenvalue weighted by molar-refractivity contribution is -0.132. The lowest BCUT2D eigenvalue weighted by atomic mass is 10.1. The number of sulfone groups is 1. The maximum atomic E-state index is 13.0. The van der Waals surface area contributed by atoms with E-state index in [4.69, 9.17) is 4.42 Å². The fourth-order valence-electron chi connectivity index (χ4n) is 3.40. The molecule has 1 aromatic carbocycles. The summed E-state index contributed by atoms with van der Waals surface area (Å²) in [7, 11) is -3.04. The van der Waals surface area contributed by atoms with E-state index in [9.17, 15) is 13.2 Å². The van der Waals surface area contributed by atoms with Gasteiger partial charge in [0.2, 0.25) is 11.8 Å². The van der Waals surface area contributed by atoms with Crippen LogP contribution in [0.15, 0.2) is 34.7 Å². The van der Waals surface area contributed by atoms with E-state index < -0.39 is 9.84 Å². The van der Waals surface area contributed by atoms with Gasteiger partial charge in [-0.2, -0.15) is 0 Å². The van der Waals surface area contributed by atoms with Crippen LogP contribution in [0.4, 0.5) is 0 Å². The maximum absolute atomic E-state index is 13.0. The molecule has 1 aliphatic heterocycles. The molecule has 0 spiro atoms. The highest BCUT2D eigenvalue weighted by Gasteiger charge is 2.34. The summed E-state index contributed by atoms with van der Waals surface area (Å²) in [5.74, 6) is 1.27. The second-order valence-corrected chi connectivity index (χ2v) is 9.29. The molecule has 27 heavy (non-hydrogen) atoms. The second-order valence-electron chi connectivity index (χ2n) is 7.06. The van der Waals surface area contributed by atoms with Crippen LogP contribution in [0.25, 0.3) is 11.5 Å². The zero-order valence-corrected chi connectivity index (χ0v) is 16.7. The first kappa shape index (κ1) is 19.6. The quantitative estimate of drug-likeness (QED) is 0.726. The second kappa shape index (κ2) is 8.25. The van der Waals surface area contributed by atoms with Gasteiger partial charge in [0.15, 0.2) is 9.84 Å². The van der Waals surface area contributed by atoms with Crippen LogP contribution < -0.4 is 0 Å². The van der Waals surface area contributed by atoms with Gasteiger partial charge in [-0.3, -0.25) is 4.79 Å². The summed E-state index contributed by atoms with van der Waals surface area (Å²) >= 11 is 0. The maximum Gasteiger partial charge on any atom is 0.229 e. The Bertz CT molecular complexity index is 890. The van der Waals surface area contributed by atoms with E-state index >= 15 is 0 Å². The highest BCUT2D eigenvalue weighted by molar-refractivity contribution is 7.91. The molecule has 1 fully saturated rings. The number of amides is 1. The summed E-state index contributed by atoms with van der Waals surface area (Å²) in [5.41, 5.74) is 1.48. The third-order valence-corrected chi connectivity index (χ3v) is 6.70. The largest absolute Gasteiger partial charge is 0.441 e. The molecule has 1 aromatic heterocycles. The van der Waals surface area contributed by atoms with Gasteiger partial charge in [-0.15, -0.1) is 0 Å². The Kier molecular flexibility index (Phi) is 5.99. The van der Waals surface area contributed by atoms with Gasteiger partial charge in [0, 0.05) is 18.2 Å². The first-order valence-electron chi connectivity index (χ1n) is 9.41. The molecule has 0 radical (unpaired) electrons. The van der Waals surface area contributed by atoms with Crippen molar-refractivity contribution in [3.05, 3.63) is 41.8 Å². The van der Waals surface area contributed by atoms with Crippen molar-refractivity contribution in [1.29, 1.82) is 0 Å². The summed E-state index contributed by atoms with van der Waals surface area (Å²) in [6.45, 7) is 4.44. The van der Waals surface area contributed by atoms with Crippen LogP contribution in [0.3, 0.4) is 0 Å². The van der Waals surface area contributed by atoms with E-state index in [-0.39, 0.29) is 29.9 Å². The van der Waals surface area contributed by atoms with Crippen LogP contribution in [0.5, 0.6) is 0 Å². The number of hydrogen-bond acceptors (Lipinski definition) is 5. The normalized spacial score (nSPS) is 18.5. The van der Waals surface area contributed by atoms with E-state index in [1.54, 1.807) is 11.8 Å². The van der Waals surface area contributed by atoms with Crippen molar-refractivity contribution < 1.29 is 17.6 Å². The summed E-state index contributed by atoms with van der Waals surface area (Å²) in [5, 5.41) is 0. The molecule has 2 aromatic rings. The fraction of sp³-hybridized carbons (Fsp3) is 0.500. The predicted molar refractivity (Wildman–Crippen MR) is 104 cm³/mol. The first-order valence-corrected chi connectivity index (χ1v) is 11.2. The van der Waals surface area contributed by atoms with Gasteiger partial charge >= 0.3 is 0 Å². The molecule has 1 unspecified atom stereocenters. The number of hydrogen-bond donors (Lipinski definition) is 0. The van der Waals surface area contributed by atoms with Crippen LogP contribution in [0.1, 0.15) is 37.6 Å². The molecule has 146 valence electrons. The minimum absolute atomic E-state index is 0.0650. The number of benzene rings is 1. The SMILES string of the molecule is CCCCN(C(=O)Cc1nc(-c2ccccc2)oc1C)C1CCS(=O)(=O)C1. The Morgan fingerprint density at radius 1 is 1.30 bits per heavy atom. The van der Waals surface area contributed by atoms with Gasteiger partial charge < -0.3 is 9.32 Å². The Morgan fingerprint density at radius 2 is 2.04 bits per heavy atom. The number of carbonyl (C=O) groups is 1. The minimum atomic E-state index is -3.04. The van der Waals surface area contributed by atoms with Gasteiger partial charge in [-0.05, 0) is 31.9 Å². The van der Waals surface area contributed by atoms with Crippen molar-refractivity contribution in [2.24, 2.45) is 0 Å². The molecule has 0 N–H and O–H groups in total. The first-order chi connectivity index (χ1) is 12.9. The molecule has 3 rings (SSSR count). The van der Waals surface area contributed by atoms with E-state index in [0.717, 1.165) is 18.4 Å². The standard InChI is InChI=1S/C20H26N2O4S/c1-3-4-11-22(17-10-12-27(24,25)14-17)19(23)13-18-15(2)26-20(21-18)16-8-6-5-7-9-16/h5-9,17H,3-4,10-14H2,1-2H3. The zero-order chi connectivity index (χ0) is 19.4. The van der Waals surface area contributed by atoms with Crippen LogP contribution in [-0.2, 0) is 21.1 Å². The number of oxazole rings is 1. The number of unbranched alkanes of at least 4 members (excludes halogenated alkanes) is 1. The van der Waals surface area contributed by atoms with Gasteiger partial charge in [0.1, 0.15) is 5.76 Å². The van der Waals surface area contributed by atoms with Crippen LogP contribution in [0, 0.1) is 6.92 Å². The third-order valence-electron chi connectivity index (χ3n) is 4.95. The molecule has 1 saturated heterocycles. The molecular formula is C20H26N2O4S. The minimum Gasteiger partial charge on any atom is -0.441 e. The van der Waals surface area contributed by atoms with E-state index in [2.05, 4.69) is 11.9 Å². The van der Waals surface area contributed by atoms with Gasteiger partial charge in [-0.1, -0.05) is 31.5 Å². The van der Waals surface area contributed by atoms with Gasteiger partial charge in [-0.25, -0.2) is 13.4 Å². The van der Waals surface area contributed by atoms with Crippen LogP contribution in [0.2, 0.25) is 0 Å². The summed E-state index contributed by atoms with van der Waals surface area (Å²) in [4.78, 5) is 19.2. The smallest absolute Gasteiger partial charge is 0.229 e. The van der Waals surface area contributed by atoms with Crippen LogP contribution in [-0.4, -0.2) is 48.3 Å². The molecule has 0 bridgehead atoms. The Labute approximate surface area is 160 Å². The van der Waals surface area contributed by atoms with Crippen molar-refractivity contribution >= 4 is 15.7 Å². The summed E-state index contributed by atoms with van der Waals surface area (Å²) in [6, 6.07) is 9.33.